The fourth-order valence-electron chi connectivity index (χ4n) is 1.64. The second kappa shape index (κ2) is 7.52. The molecule has 1 heterocycles. The molecule has 4 nitrogen and oxygen atoms in total. The number of nitrogens with one attached hydrogen (secondary N) is 3. The molecule has 8 heteroatoms. The molecule has 0 amide bonds. The van der Waals surface area contributed by atoms with Gasteiger partial charge in [-0.2, -0.15) is 0 Å². The Kier molecular flexibility index (Phi) is 6.70. The van der Waals surface area contributed by atoms with Crippen LogP contribution in [0.5, 0.6) is 0 Å². The largest absolute Gasteiger partial charge is 0.320 e. The second-order valence-corrected chi connectivity index (χ2v) is 4.55. The van der Waals surface area contributed by atoms with E-state index in [0.29, 0.717) is 26.2 Å². The van der Waals surface area contributed by atoms with Crippen molar-refractivity contribution >= 4 is 31.4 Å². The minimum Gasteiger partial charge on any atom is -0.320 e. The van der Waals surface area contributed by atoms with Crippen molar-refractivity contribution in [3.8, 4) is 0 Å². The van der Waals surface area contributed by atoms with Crippen molar-refractivity contribution in [2.75, 3.05) is 33.2 Å². The van der Waals surface area contributed by atoms with E-state index in [1.54, 1.807) is 0 Å². The van der Waals surface area contributed by atoms with Gasteiger partial charge in [-0.3, -0.25) is 0 Å². The predicted octanol–water partition coefficient (Wildman–Crippen LogP) is -3.32. The molecule has 0 aromatic rings. The summed E-state index contributed by atoms with van der Waals surface area (Å²) in [6, 6.07) is 0. The molecular weight excluding hydrogens is 207 g/mol. The van der Waals surface area contributed by atoms with Gasteiger partial charge >= 0.3 is 0 Å². The van der Waals surface area contributed by atoms with Crippen LogP contribution in [0.4, 0.5) is 0 Å². The number of likely N-dealkylation sites (N-methyl/N-ethyl adjacent to an activating group) is 1. The molecule has 4 atom stereocenters. The summed E-state index contributed by atoms with van der Waals surface area (Å²) in [6.45, 7) is 2.46. The van der Waals surface area contributed by atoms with Crippen LogP contribution in [0.1, 0.15) is 0 Å². The van der Waals surface area contributed by atoms with Crippen molar-refractivity contribution in [1.82, 2.24) is 20.9 Å². The summed E-state index contributed by atoms with van der Waals surface area (Å²) in [7, 11) is 25.6. The maximum absolute atomic E-state index is 5.99. The third-order valence-corrected chi connectivity index (χ3v) is 2.84. The lowest BCUT2D eigenvalue weighted by Crippen LogP contribution is -2.55. The predicted molar refractivity (Wildman–Crippen MR) is 74.8 cm³/mol. The van der Waals surface area contributed by atoms with Gasteiger partial charge in [0.2, 0.25) is 0 Å². The van der Waals surface area contributed by atoms with E-state index in [4.69, 9.17) is 31.4 Å². The Morgan fingerprint density at radius 1 is 0.824 bits per heavy atom. The molecule has 0 aromatic carbocycles. The summed E-state index contributed by atoms with van der Waals surface area (Å²) in [5.41, 5.74) is 0. The Morgan fingerprint density at radius 2 is 1.29 bits per heavy atom. The molecule has 0 aliphatic carbocycles. The van der Waals surface area contributed by atoms with E-state index in [9.17, 15) is 0 Å². The molecule has 0 aromatic heterocycles. The summed E-state index contributed by atoms with van der Waals surface area (Å²) in [5, 5.41) is 9.41. The van der Waals surface area contributed by atoms with Crippen molar-refractivity contribution < 1.29 is 0 Å². The van der Waals surface area contributed by atoms with E-state index < -0.39 is 0 Å². The molecule has 0 bridgehead atoms. The smallest absolute Gasteiger partial charge is 0.0927 e. The monoisotopic (exact) mass is 226 g/mol. The molecular formula is C9H18B4N4. The zero-order valence-electron chi connectivity index (χ0n) is 10.4. The Morgan fingerprint density at radius 3 is 1.88 bits per heavy atom. The van der Waals surface area contributed by atoms with Crippen LogP contribution in [0.3, 0.4) is 0 Å². The lowest BCUT2D eigenvalue weighted by molar-refractivity contribution is 0.282. The van der Waals surface area contributed by atoms with Gasteiger partial charge in [0, 0.05) is 26.2 Å². The Bertz CT molecular complexity index is 221. The summed E-state index contributed by atoms with van der Waals surface area (Å²) in [6.07, 6.45) is 0. The van der Waals surface area contributed by atoms with E-state index in [1.807, 2.05) is 11.9 Å². The number of hydrogen-bond donors (Lipinski definition) is 3. The first kappa shape index (κ1) is 15.2. The van der Waals surface area contributed by atoms with E-state index in [-0.39, 0.29) is 23.8 Å². The lowest BCUT2D eigenvalue weighted by atomic mass is 9.87. The summed E-state index contributed by atoms with van der Waals surface area (Å²) in [5.74, 6) is -0.574. The normalized spacial score (nSPS) is 39.1. The van der Waals surface area contributed by atoms with Crippen LogP contribution in [0.15, 0.2) is 0 Å². The van der Waals surface area contributed by atoms with Crippen LogP contribution in [0.25, 0.3) is 0 Å². The maximum atomic E-state index is 5.99. The van der Waals surface area contributed by atoms with E-state index in [1.165, 1.54) is 0 Å². The van der Waals surface area contributed by atoms with Crippen LogP contribution in [0, 0.1) is 0 Å². The third kappa shape index (κ3) is 6.00. The first-order valence-corrected chi connectivity index (χ1v) is 5.91. The molecule has 1 aliphatic rings. The quantitative estimate of drug-likeness (QED) is 0.378. The zero-order valence-corrected chi connectivity index (χ0v) is 10.4. The van der Waals surface area contributed by atoms with Crippen LogP contribution < -0.4 is 16.0 Å². The molecule has 3 N–H and O–H groups in total. The average Bonchev–Trinajstić information content (AvgIpc) is 2.29. The first-order valence-electron chi connectivity index (χ1n) is 5.91. The third-order valence-electron chi connectivity index (χ3n) is 2.84. The molecule has 86 valence electrons. The van der Waals surface area contributed by atoms with Gasteiger partial charge in [-0.15, -0.1) is 0 Å². The maximum Gasteiger partial charge on any atom is 0.0927 e. The number of nitrogens with zero attached hydrogens (tertiary/aromatic N) is 1. The Labute approximate surface area is 110 Å². The van der Waals surface area contributed by atoms with Gasteiger partial charge in [0.05, 0.1) is 31.4 Å². The SMILES string of the molecule is [B]C1CNC([B])CN(C)C([B])CNC([B])CN1. The molecule has 1 aliphatic heterocycles. The average molecular weight is 226 g/mol. The van der Waals surface area contributed by atoms with Crippen LogP contribution in [-0.4, -0.2) is 93.3 Å². The van der Waals surface area contributed by atoms with E-state index in [2.05, 4.69) is 16.0 Å². The summed E-state index contributed by atoms with van der Waals surface area (Å²) < 4.78 is 0. The van der Waals surface area contributed by atoms with Crippen LogP contribution >= 0.6 is 0 Å². The highest BCUT2D eigenvalue weighted by Crippen LogP contribution is 1.94. The zero-order chi connectivity index (χ0) is 12.8. The molecule has 0 saturated carbocycles. The summed E-state index contributed by atoms with van der Waals surface area (Å²) >= 11 is 0. The standard InChI is InChI=1S/C9H18B4N4/c1-17-5-8(12)15-3-6(10)14-2-7(11)16-4-9(17)13/h6-9,14-16H,2-5H2,1H3. The van der Waals surface area contributed by atoms with Crippen molar-refractivity contribution in [2.24, 2.45) is 0 Å². The highest BCUT2D eigenvalue weighted by molar-refractivity contribution is 6.14. The Hall–Kier alpha value is 0.0997. The van der Waals surface area contributed by atoms with E-state index >= 15 is 0 Å². The second-order valence-electron chi connectivity index (χ2n) is 4.55. The highest BCUT2D eigenvalue weighted by Gasteiger charge is 2.15. The number of hydrogen-bond acceptors (Lipinski definition) is 4. The van der Waals surface area contributed by atoms with Gasteiger partial charge in [0.25, 0.3) is 0 Å². The fraction of sp³-hybridized carbons (Fsp3) is 1.00. The van der Waals surface area contributed by atoms with Crippen molar-refractivity contribution in [3.05, 3.63) is 0 Å². The highest BCUT2D eigenvalue weighted by atomic mass is 15.2. The van der Waals surface area contributed by atoms with Gasteiger partial charge in [0.15, 0.2) is 0 Å². The molecule has 1 fully saturated rings. The van der Waals surface area contributed by atoms with Gasteiger partial charge in [-0.05, 0) is 30.8 Å². The van der Waals surface area contributed by atoms with Crippen molar-refractivity contribution in [3.63, 3.8) is 0 Å². The Balaban J connectivity index is 2.50. The van der Waals surface area contributed by atoms with Crippen LogP contribution in [-0.2, 0) is 0 Å². The molecule has 1 rings (SSSR count). The van der Waals surface area contributed by atoms with E-state index in [0.717, 1.165) is 0 Å². The fourth-order valence-corrected chi connectivity index (χ4v) is 1.64. The lowest BCUT2D eigenvalue weighted by Gasteiger charge is -2.32. The summed E-state index contributed by atoms with van der Waals surface area (Å²) in [4.78, 5) is 1.98. The molecule has 0 spiro atoms. The minimum absolute atomic E-state index is 0.109. The molecule has 8 radical (unpaired) electrons. The van der Waals surface area contributed by atoms with Crippen molar-refractivity contribution in [2.45, 2.75) is 23.8 Å². The molecule has 17 heavy (non-hydrogen) atoms. The van der Waals surface area contributed by atoms with Crippen LogP contribution in [0.2, 0.25) is 0 Å². The topological polar surface area (TPSA) is 39.3 Å². The van der Waals surface area contributed by atoms with Gasteiger partial charge in [-0.1, -0.05) is 0 Å². The van der Waals surface area contributed by atoms with Gasteiger partial charge in [-0.25, -0.2) is 0 Å². The molecule has 1 saturated heterocycles. The first-order chi connectivity index (χ1) is 7.99. The van der Waals surface area contributed by atoms with Gasteiger partial charge < -0.3 is 20.9 Å². The molecule has 4 unspecified atom stereocenters. The van der Waals surface area contributed by atoms with Gasteiger partial charge in [0.1, 0.15) is 0 Å². The van der Waals surface area contributed by atoms with Crippen molar-refractivity contribution in [1.29, 1.82) is 0 Å². The number of rotatable bonds is 0. The minimum atomic E-state index is -0.160.